The molecule has 0 aliphatic heterocycles. The van der Waals surface area contributed by atoms with Gasteiger partial charge < -0.3 is 14.8 Å². The fourth-order valence-corrected chi connectivity index (χ4v) is 1.36. The lowest BCUT2D eigenvalue weighted by molar-refractivity contribution is -0.152. The van der Waals surface area contributed by atoms with Crippen molar-refractivity contribution in [3.05, 3.63) is 0 Å². The lowest BCUT2D eigenvalue weighted by Gasteiger charge is -2.18. The normalized spacial score (nSPS) is 15.4. The van der Waals surface area contributed by atoms with Gasteiger partial charge in [0, 0.05) is 17.1 Å². The molecule has 2 N–H and O–H groups in total. The summed E-state index contributed by atoms with van der Waals surface area (Å²) >= 11 is 0. The lowest BCUT2D eigenvalue weighted by atomic mass is 10.1. The highest BCUT2D eigenvalue weighted by atomic mass is 16.5. The van der Waals surface area contributed by atoms with E-state index in [1.54, 1.807) is 6.92 Å². The van der Waals surface area contributed by atoms with Crippen molar-refractivity contribution in [2.24, 2.45) is 0 Å². The standard InChI is InChI=1S/C13H21N3O5/c1-4-20-8-12(18)16-11(13(19)21-9(2)3)6-5-10(17)7-15-14/h7,9,11,14H,4-6,8H2,1-3H3/p+1/t11-/m0/s1/i2D3/t9?,11-. The molecule has 0 aromatic carbocycles. The van der Waals surface area contributed by atoms with Crippen LogP contribution in [-0.2, 0) is 23.9 Å². The highest BCUT2D eigenvalue weighted by molar-refractivity contribution is 6.25. The maximum atomic E-state index is 12.1. The van der Waals surface area contributed by atoms with Gasteiger partial charge in [0.25, 0.3) is 0 Å². The van der Waals surface area contributed by atoms with Crippen molar-refractivity contribution in [3.8, 4) is 0 Å². The Labute approximate surface area is 127 Å². The van der Waals surface area contributed by atoms with E-state index in [0.717, 1.165) is 6.21 Å². The smallest absolute Gasteiger partial charge is 0.372 e. The minimum absolute atomic E-state index is 0.116. The number of esters is 1. The van der Waals surface area contributed by atoms with Gasteiger partial charge in [-0.25, -0.2) is 4.79 Å². The third-order valence-corrected chi connectivity index (χ3v) is 2.24. The van der Waals surface area contributed by atoms with Crippen molar-refractivity contribution in [1.82, 2.24) is 5.32 Å². The van der Waals surface area contributed by atoms with Crippen LogP contribution in [0.5, 0.6) is 0 Å². The average molecular weight is 303 g/mol. The molecule has 2 atom stereocenters. The first kappa shape index (κ1) is 13.9. The van der Waals surface area contributed by atoms with E-state index >= 15 is 0 Å². The lowest BCUT2D eigenvalue weighted by Crippen LogP contribution is -2.44. The van der Waals surface area contributed by atoms with Gasteiger partial charge in [-0.3, -0.25) is 9.59 Å². The highest BCUT2D eigenvalue weighted by Gasteiger charge is 2.24. The van der Waals surface area contributed by atoms with E-state index in [0.29, 0.717) is 6.61 Å². The summed E-state index contributed by atoms with van der Waals surface area (Å²) < 4.78 is 31.3. The Morgan fingerprint density at radius 3 is 2.76 bits per heavy atom. The molecule has 8 nitrogen and oxygen atoms in total. The molecule has 1 unspecified atom stereocenters. The summed E-state index contributed by atoms with van der Waals surface area (Å²) in [6, 6.07) is -1.20. The number of ether oxygens (including phenoxy) is 2. The summed E-state index contributed by atoms with van der Waals surface area (Å²) in [5.41, 5.74) is 6.56. The van der Waals surface area contributed by atoms with Crippen LogP contribution >= 0.6 is 0 Å². The molecule has 0 heterocycles. The number of carbonyl (C=O) groups excluding carboxylic acids is 3. The quantitative estimate of drug-likeness (QED) is 0.257. The van der Waals surface area contributed by atoms with E-state index in [9.17, 15) is 14.4 Å². The van der Waals surface area contributed by atoms with E-state index in [-0.39, 0.29) is 19.4 Å². The maximum absolute atomic E-state index is 12.1. The zero-order valence-corrected chi connectivity index (χ0v) is 12.0. The number of nitrogens with one attached hydrogen (secondary N) is 2. The minimum atomic E-state index is -2.50. The zero-order chi connectivity index (χ0) is 18.8. The zero-order valence-electron chi connectivity index (χ0n) is 15.0. The molecular weight excluding hydrogens is 278 g/mol. The highest BCUT2D eigenvalue weighted by Crippen LogP contribution is 2.03. The summed E-state index contributed by atoms with van der Waals surface area (Å²) in [5.74, 6) is -2.06. The molecule has 0 saturated carbocycles. The molecule has 0 spiro atoms. The first-order chi connectivity index (χ1) is 11.1. The number of amides is 1. The van der Waals surface area contributed by atoms with Gasteiger partial charge in [0.2, 0.25) is 11.7 Å². The summed E-state index contributed by atoms with van der Waals surface area (Å²) in [6.07, 6.45) is -0.869. The Balaban J connectivity index is 4.88. The molecule has 0 aliphatic carbocycles. The van der Waals surface area contributed by atoms with Crippen LogP contribution in [-0.4, -0.2) is 54.0 Å². The molecule has 0 aliphatic rings. The second-order valence-electron chi connectivity index (χ2n) is 4.10. The van der Waals surface area contributed by atoms with Gasteiger partial charge in [-0.05, 0) is 27.1 Å². The second-order valence-corrected chi connectivity index (χ2v) is 4.10. The third kappa shape index (κ3) is 9.48. The predicted octanol–water partition coefficient (Wildman–Crippen LogP) is 0.119. The summed E-state index contributed by atoms with van der Waals surface area (Å²) in [4.78, 5) is 37.9. The number of nitrogens with zero attached hydrogens (tertiary/aromatic N) is 1. The molecule has 21 heavy (non-hydrogen) atoms. The van der Waals surface area contributed by atoms with Crippen LogP contribution in [0.15, 0.2) is 0 Å². The van der Waals surface area contributed by atoms with E-state index < -0.39 is 36.7 Å². The van der Waals surface area contributed by atoms with Crippen molar-refractivity contribution < 1.29 is 32.8 Å². The second kappa shape index (κ2) is 10.7. The van der Waals surface area contributed by atoms with Gasteiger partial charge in [0.1, 0.15) is 12.6 Å². The van der Waals surface area contributed by atoms with E-state index in [2.05, 4.69) is 10.1 Å². The van der Waals surface area contributed by atoms with Gasteiger partial charge in [-0.1, -0.05) is 0 Å². The van der Waals surface area contributed by atoms with Crippen LogP contribution in [0.4, 0.5) is 0 Å². The number of carbonyl (C=O) groups is 3. The van der Waals surface area contributed by atoms with Gasteiger partial charge in [-0.2, -0.15) is 0 Å². The summed E-state index contributed by atoms with van der Waals surface area (Å²) in [5, 5.41) is 2.34. The van der Waals surface area contributed by atoms with Crippen molar-refractivity contribution in [2.45, 2.75) is 45.7 Å². The van der Waals surface area contributed by atoms with Gasteiger partial charge >= 0.3 is 12.2 Å². The van der Waals surface area contributed by atoms with Crippen molar-refractivity contribution in [2.75, 3.05) is 13.2 Å². The van der Waals surface area contributed by atoms with Crippen molar-refractivity contribution >= 4 is 23.9 Å². The molecule has 118 valence electrons. The fourth-order valence-electron chi connectivity index (χ4n) is 1.36. The largest absolute Gasteiger partial charge is 0.461 e. The Kier molecular flexibility index (Phi) is 7.09. The molecule has 0 aromatic heterocycles. The molecule has 0 aromatic rings. The fraction of sp³-hybridized carbons (Fsp3) is 0.692. The molecule has 0 rings (SSSR count). The van der Waals surface area contributed by atoms with E-state index in [4.69, 9.17) is 19.1 Å². The number of hydrogen-bond acceptors (Lipinski definition) is 6. The number of Topliss-reactive ketones (excluding diaryl/α,β-unsaturated/α-hetero) is 1. The minimum Gasteiger partial charge on any atom is -0.461 e. The summed E-state index contributed by atoms with van der Waals surface area (Å²) in [6.45, 7) is 0.426. The first-order valence-electron chi connectivity index (χ1n) is 7.92. The SMILES string of the molecule is [2H]C([2H])([2H])C(C)OC(=O)[C@H](CCC(=O)C=[N+]=N)NC(=O)COCC. The topological polar surface area (TPSA) is 120 Å². The van der Waals surface area contributed by atoms with Gasteiger partial charge in [0.05, 0.1) is 16.4 Å². The van der Waals surface area contributed by atoms with Crippen LogP contribution < -0.4 is 5.32 Å². The van der Waals surface area contributed by atoms with Crippen molar-refractivity contribution in [3.63, 3.8) is 0 Å². The first-order valence-corrected chi connectivity index (χ1v) is 6.42. The maximum Gasteiger partial charge on any atom is 0.372 e. The molecule has 0 radical (unpaired) electrons. The van der Waals surface area contributed by atoms with Gasteiger partial charge in [0.15, 0.2) is 0 Å². The molecule has 0 fully saturated rings. The van der Waals surface area contributed by atoms with Crippen LogP contribution in [0.2, 0.25) is 0 Å². The molecule has 8 heteroatoms. The van der Waals surface area contributed by atoms with Crippen LogP contribution in [0.25, 0.3) is 0 Å². The Morgan fingerprint density at radius 1 is 1.48 bits per heavy atom. The Bertz CT molecular complexity index is 504. The van der Waals surface area contributed by atoms with E-state index in [1.807, 2.05) is 0 Å². The third-order valence-electron chi connectivity index (χ3n) is 2.24. The number of rotatable bonds is 10. The van der Waals surface area contributed by atoms with Crippen LogP contribution in [0.3, 0.4) is 0 Å². The Morgan fingerprint density at radius 2 is 2.19 bits per heavy atom. The molecule has 0 bridgehead atoms. The number of ketones is 1. The molecule has 1 amide bonds. The summed E-state index contributed by atoms with van der Waals surface area (Å²) in [7, 11) is 0. The van der Waals surface area contributed by atoms with Gasteiger partial charge in [-0.15, -0.1) is 0 Å². The average Bonchev–Trinajstić information content (AvgIpc) is 2.48. The molecular formula is C13H22N3O5+. The molecule has 0 saturated heterocycles. The van der Waals surface area contributed by atoms with Crippen molar-refractivity contribution in [1.29, 1.82) is 5.53 Å². The predicted molar refractivity (Wildman–Crippen MR) is 72.9 cm³/mol. The Hall–Kier alpha value is -2.05. The monoisotopic (exact) mass is 303 g/mol. The van der Waals surface area contributed by atoms with Crippen LogP contribution in [0, 0.1) is 5.53 Å². The van der Waals surface area contributed by atoms with Crippen LogP contribution in [0.1, 0.15) is 37.7 Å². The van der Waals surface area contributed by atoms with E-state index in [1.165, 1.54) is 6.92 Å². The number of hydrogen-bond donors (Lipinski definition) is 2.